The molecule has 1 amide bonds. The zero-order valence-electron chi connectivity index (χ0n) is 12.9. The maximum absolute atomic E-state index is 12.5. The van der Waals surface area contributed by atoms with Crippen LogP contribution in [0.4, 0.5) is 0 Å². The molecule has 0 bridgehead atoms. The third-order valence-electron chi connectivity index (χ3n) is 4.57. The topological polar surface area (TPSA) is 62.7 Å². The largest absolute Gasteiger partial charge is 0.474 e. The number of carbonyl (C=O) groups is 1. The number of aromatic nitrogens is 1. The summed E-state index contributed by atoms with van der Waals surface area (Å²) in [6.45, 7) is 1.22. The van der Waals surface area contributed by atoms with E-state index in [1.165, 1.54) is 19.3 Å². The molecule has 1 aliphatic carbocycles. The number of aliphatic hydroxyl groups excluding tert-OH is 1. The molecule has 0 radical (unpaired) electrons. The SMILES string of the molecule is O=C(c1ccnc(OC2CCCCC2)c1)N1CCC(O)CC1. The summed E-state index contributed by atoms with van der Waals surface area (Å²) in [7, 11) is 0. The van der Waals surface area contributed by atoms with Gasteiger partial charge < -0.3 is 14.7 Å². The molecule has 2 aliphatic rings. The van der Waals surface area contributed by atoms with Crippen LogP contribution in [0.1, 0.15) is 55.3 Å². The van der Waals surface area contributed by atoms with Gasteiger partial charge in [-0.2, -0.15) is 0 Å². The number of aliphatic hydroxyl groups is 1. The number of ether oxygens (including phenoxy) is 1. The van der Waals surface area contributed by atoms with Gasteiger partial charge in [-0.25, -0.2) is 4.98 Å². The maximum Gasteiger partial charge on any atom is 0.254 e. The van der Waals surface area contributed by atoms with E-state index >= 15 is 0 Å². The second-order valence-electron chi connectivity index (χ2n) is 6.28. The lowest BCUT2D eigenvalue weighted by atomic mass is 9.98. The van der Waals surface area contributed by atoms with Gasteiger partial charge in [0.2, 0.25) is 5.88 Å². The van der Waals surface area contributed by atoms with Gasteiger partial charge in [0.1, 0.15) is 6.10 Å². The van der Waals surface area contributed by atoms with Crippen molar-refractivity contribution in [2.75, 3.05) is 13.1 Å². The van der Waals surface area contributed by atoms with E-state index in [-0.39, 0.29) is 18.1 Å². The summed E-state index contributed by atoms with van der Waals surface area (Å²) in [6, 6.07) is 3.49. The number of pyridine rings is 1. The molecule has 22 heavy (non-hydrogen) atoms. The standard InChI is InChI=1S/C17H24N2O3/c20-14-7-10-19(11-8-14)17(21)13-6-9-18-16(12-13)22-15-4-2-1-3-5-15/h6,9,12,14-15,20H,1-5,7-8,10-11H2. The van der Waals surface area contributed by atoms with Crippen LogP contribution in [0, 0.1) is 0 Å². The Labute approximate surface area is 131 Å². The van der Waals surface area contributed by atoms with Gasteiger partial charge in [0.25, 0.3) is 5.91 Å². The van der Waals surface area contributed by atoms with E-state index in [9.17, 15) is 9.90 Å². The third kappa shape index (κ3) is 3.77. The molecule has 0 atom stereocenters. The molecule has 0 spiro atoms. The highest BCUT2D eigenvalue weighted by atomic mass is 16.5. The molecule has 2 fully saturated rings. The quantitative estimate of drug-likeness (QED) is 0.931. The second kappa shape index (κ2) is 7.09. The van der Waals surface area contributed by atoms with Crippen LogP contribution in [0.3, 0.4) is 0 Å². The molecule has 1 saturated carbocycles. The molecule has 1 saturated heterocycles. The molecule has 1 aromatic rings. The fraction of sp³-hybridized carbons (Fsp3) is 0.647. The fourth-order valence-corrected chi connectivity index (χ4v) is 3.21. The number of likely N-dealkylation sites (tertiary alicyclic amines) is 1. The number of hydrogen-bond acceptors (Lipinski definition) is 4. The van der Waals surface area contributed by atoms with Crippen molar-refractivity contribution >= 4 is 5.91 Å². The van der Waals surface area contributed by atoms with Gasteiger partial charge in [-0.1, -0.05) is 6.42 Å². The van der Waals surface area contributed by atoms with E-state index in [1.54, 1.807) is 23.2 Å². The minimum atomic E-state index is -0.272. The van der Waals surface area contributed by atoms with Crippen LogP contribution in [0.5, 0.6) is 5.88 Å². The van der Waals surface area contributed by atoms with Gasteiger partial charge in [-0.05, 0) is 44.6 Å². The van der Waals surface area contributed by atoms with Crippen LogP contribution in [0.25, 0.3) is 0 Å². The maximum atomic E-state index is 12.5. The number of carbonyl (C=O) groups excluding carboxylic acids is 1. The molecule has 1 N–H and O–H groups in total. The first kappa shape index (κ1) is 15.3. The van der Waals surface area contributed by atoms with E-state index in [4.69, 9.17) is 4.74 Å². The average molecular weight is 304 g/mol. The van der Waals surface area contributed by atoms with Crippen molar-refractivity contribution in [1.82, 2.24) is 9.88 Å². The van der Waals surface area contributed by atoms with E-state index in [1.807, 2.05) is 0 Å². The van der Waals surface area contributed by atoms with Gasteiger partial charge in [-0.15, -0.1) is 0 Å². The summed E-state index contributed by atoms with van der Waals surface area (Å²) < 4.78 is 5.93. The molecule has 2 heterocycles. The van der Waals surface area contributed by atoms with E-state index in [0.717, 1.165) is 12.8 Å². The Hall–Kier alpha value is -1.62. The highest BCUT2D eigenvalue weighted by Gasteiger charge is 2.23. The fourth-order valence-electron chi connectivity index (χ4n) is 3.21. The number of amides is 1. The smallest absolute Gasteiger partial charge is 0.254 e. The molecule has 5 nitrogen and oxygen atoms in total. The Bertz CT molecular complexity index is 506. The lowest BCUT2D eigenvalue weighted by Gasteiger charge is -2.29. The summed E-state index contributed by atoms with van der Waals surface area (Å²) >= 11 is 0. The van der Waals surface area contributed by atoms with Crippen LogP contribution in [-0.2, 0) is 0 Å². The summed E-state index contributed by atoms with van der Waals surface area (Å²) in [6.07, 6.45) is 8.76. The summed E-state index contributed by atoms with van der Waals surface area (Å²) in [5.41, 5.74) is 0.622. The first-order valence-corrected chi connectivity index (χ1v) is 8.32. The number of hydrogen-bond donors (Lipinski definition) is 1. The normalized spacial score (nSPS) is 20.9. The van der Waals surface area contributed by atoms with Crippen LogP contribution in [-0.4, -0.2) is 46.2 Å². The molecule has 0 unspecified atom stereocenters. The van der Waals surface area contributed by atoms with Crippen molar-refractivity contribution in [2.45, 2.75) is 57.2 Å². The Morgan fingerprint density at radius 3 is 2.64 bits per heavy atom. The summed E-state index contributed by atoms with van der Waals surface area (Å²) in [5.74, 6) is 0.553. The zero-order valence-corrected chi connectivity index (χ0v) is 12.9. The minimum Gasteiger partial charge on any atom is -0.474 e. The highest BCUT2D eigenvalue weighted by molar-refractivity contribution is 5.94. The Balaban J connectivity index is 1.63. The van der Waals surface area contributed by atoms with Crippen LogP contribution in [0.15, 0.2) is 18.3 Å². The Morgan fingerprint density at radius 1 is 1.18 bits per heavy atom. The lowest BCUT2D eigenvalue weighted by molar-refractivity contribution is 0.0545. The van der Waals surface area contributed by atoms with Crippen LogP contribution >= 0.6 is 0 Å². The summed E-state index contributed by atoms with van der Waals surface area (Å²) in [5, 5.41) is 9.54. The molecule has 1 aromatic heterocycles. The molecule has 120 valence electrons. The van der Waals surface area contributed by atoms with Gasteiger partial charge in [0.05, 0.1) is 6.10 Å². The summed E-state index contributed by atoms with van der Waals surface area (Å²) in [4.78, 5) is 18.5. The number of piperidine rings is 1. The van der Waals surface area contributed by atoms with Gasteiger partial charge in [0, 0.05) is 30.9 Å². The van der Waals surface area contributed by atoms with Crippen LogP contribution in [0.2, 0.25) is 0 Å². The zero-order chi connectivity index (χ0) is 15.4. The van der Waals surface area contributed by atoms with Crippen molar-refractivity contribution in [2.24, 2.45) is 0 Å². The minimum absolute atomic E-state index is 0.00259. The second-order valence-corrected chi connectivity index (χ2v) is 6.28. The Kier molecular flexibility index (Phi) is 4.93. The highest BCUT2D eigenvalue weighted by Crippen LogP contribution is 2.23. The van der Waals surface area contributed by atoms with Crippen molar-refractivity contribution < 1.29 is 14.6 Å². The van der Waals surface area contributed by atoms with Crippen molar-refractivity contribution in [3.05, 3.63) is 23.9 Å². The van der Waals surface area contributed by atoms with Crippen molar-refractivity contribution in [1.29, 1.82) is 0 Å². The third-order valence-corrected chi connectivity index (χ3v) is 4.57. The lowest BCUT2D eigenvalue weighted by Crippen LogP contribution is -2.40. The number of nitrogens with zero attached hydrogens (tertiary/aromatic N) is 2. The van der Waals surface area contributed by atoms with Crippen molar-refractivity contribution in [3.8, 4) is 5.88 Å². The molecule has 0 aromatic carbocycles. The molecule has 1 aliphatic heterocycles. The first-order valence-electron chi connectivity index (χ1n) is 8.32. The van der Waals surface area contributed by atoms with Gasteiger partial charge >= 0.3 is 0 Å². The monoisotopic (exact) mass is 304 g/mol. The Morgan fingerprint density at radius 2 is 1.91 bits per heavy atom. The van der Waals surface area contributed by atoms with Crippen LogP contribution < -0.4 is 4.74 Å². The van der Waals surface area contributed by atoms with Gasteiger partial charge in [-0.3, -0.25) is 4.79 Å². The predicted octanol–water partition coefficient (Wildman–Crippen LogP) is 2.39. The molecular weight excluding hydrogens is 280 g/mol. The van der Waals surface area contributed by atoms with Crippen molar-refractivity contribution in [3.63, 3.8) is 0 Å². The van der Waals surface area contributed by atoms with E-state index in [0.29, 0.717) is 37.4 Å². The number of rotatable bonds is 3. The van der Waals surface area contributed by atoms with E-state index < -0.39 is 0 Å². The average Bonchev–Trinajstić information content (AvgIpc) is 2.56. The first-order chi connectivity index (χ1) is 10.7. The predicted molar refractivity (Wildman–Crippen MR) is 82.9 cm³/mol. The van der Waals surface area contributed by atoms with E-state index in [2.05, 4.69) is 4.98 Å². The molecule has 3 rings (SSSR count). The molecule has 5 heteroatoms. The molecular formula is C17H24N2O3. The van der Waals surface area contributed by atoms with Gasteiger partial charge in [0.15, 0.2) is 0 Å².